The predicted molar refractivity (Wildman–Crippen MR) is 69.8 cm³/mol. The Morgan fingerprint density at radius 2 is 1.00 bits per heavy atom. The van der Waals surface area contributed by atoms with Gasteiger partial charge in [-0.1, -0.05) is 0 Å². The molecule has 29 heavy (non-hydrogen) atoms. The van der Waals surface area contributed by atoms with Gasteiger partial charge in [-0.3, -0.25) is 0 Å². The Morgan fingerprint density at radius 1 is 0.690 bits per heavy atom. The first kappa shape index (κ1) is 50.9. The number of rotatable bonds is 0. The number of thiazole rings is 1. The fourth-order valence-corrected chi connectivity index (χ4v) is 3.00. The topological polar surface area (TPSA) is 16.1 Å². The van der Waals surface area contributed by atoms with Crippen molar-refractivity contribution in [3.63, 3.8) is 0 Å². The minimum atomic E-state index is 1.03. The second-order valence-corrected chi connectivity index (χ2v) is 5.18. The molecular weight excluding hydrogens is 566 g/mol. The highest BCUT2D eigenvalue weighted by Gasteiger charge is 2.16. The molecule has 1 aliphatic heterocycles. The standard InChI is InChI=1S/C7H9BrN2S.9F2/c1-10-3-2-5-6(4-10)11-7(8)9-5;9*1-2/h2-4H2,1H3;;;;;;;;;. The lowest BCUT2D eigenvalue weighted by atomic mass is 10.2. The van der Waals surface area contributed by atoms with Gasteiger partial charge in [0.2, 0.25) is 0 Å². The van der Waals surface area contributed by atoms with E-state index in [0.29, 0.717) is 0 Å². The maximum Gasteiger partial charge on any atom is 0.159 e. The summed E-state index contributed by atoms with van der Waals surface area (Å²) >= 11 is 5.16. The minimum Gasteiger partial charge on any atom is -0.301 e. The van der Waals surface area contributed by atoms with Crippen molar-refractivity contribution in [2.24, 2.45) is 0 Å². The second kappa shape index (κ2) is 71.5. The van der Waals surface area contributed by atoms with Crippen LogP contribution in [0.1, 0.15) is 10.6 Å². The smallest absolute Gasteiger partial charge is 0.159 e. The molecule has 0 N–H and O–H groups in total. The second-order valence-electron chi connectivity index (χ2n) is 2.82. The van der Waals surface area contributed by atoms with Crippen molar-refractivity contribution < 1.29 is 82.3 Å². The highest BCUT2D eigenvalue weighted by Crippen LogP contribution is 2.27. The summed E-state index contributed by atoms with van der Waals surface area (Å²) in [6.45, 7) is 2.21. The van der Waals surface area contributed by atoms with Crippen LogP contribution in [0.5, 0.6) is 0 Å². The van der Waals surface area contributed by atoms with E-state index in [-0.39, 0.29) is 0 Å². The van der Waals surface area contributed by atoms with Crippen LogP contribution in [0.4, 0.5) is 82.3 Å². The van der Waals surface area contributed by atoms with Crippen LogP contribution in [0.2, 0.25) is 0 Å². The summed E-state index contributed by atoms with van der Waals surface area (Å²) in [5, 5.41) is 0. The van der Waals surface area contributed by atoms with Crippen LogP contribution in [0.25, 0.3) is 0 Å². The Morgan fingerprint density at radius 3 is 1.31 bits per heavy atom. The first-order chi connectivity index (χ1) is 14.3. The van der Waals surface area contributed by atoms with Crippen molar-refractivity contribution in [1.82, 2.24) is 9.88 Å². The first-order valence-corrected chi connectivity index (χ1v) is 6.48. The number of aromatic nitrogens is 1. The molecule has 0 aliphatic carbocycles. The molecule has 2 rings (SSSR count). The van der Waals surface area contributed by atoms with Gasteiger partial charge in [-0.05, 0) is 23.0 Å². The number of halogens is 19. The molecule has 0 atom stereocenters. The zero-order chi connectivity index (χ0) is 25.8. The lowest BCUT2D eigenvalue weighted by molar-refractivity contribution is 0.108. The van der Waals surface area contributed by atoms with Crippen molar-refractivity contribution in [3.8, 4) is 0 Å². The molecule has 186 valence electrons. The van der Waals surface area contributed by atoms with E-state index in [2.05, 4.69) is 32.9 Å². The lowest BCUT2D eigenvalue weighted by Gasteiger charge is -2.20. The zero-order valence-electron chi connectivity index (χ0n) is 13.1. The van der Waals surface area contributed by atoms with Gasteiger partial charge in [0, 0.05) is 107 Å². The van der Waals surface area contributed by atoms with Crippen LogP contribution in [-0.2, 0) is 13.0 Å². The summed E-state index contributed by atoms with van der Waals surface area (Å²) < 4.78 is 145. The van der Waals surface area contributed by atoms with Gasteiger partial charge in [0.1, 0.15) is 0 Å². The predicted octanol–water partition coefficient (Wildman–Crippen LogP) is 9.46. The van der Waals surface area contributed by atoms with Crippen molar-refractivity contribution >= 4 is 27.3 Å². The summed E-state index contributed by atoms with van der Waals surface area (Å²) in [5.41, 5.74) is 1.29. The quantitative estimate of drug-likeness (QED) is 0.287. The van der Waals surface area contributed by atoms with E-state index in [0.717, 1.165) is 23.4 Å². The van der Waals surface area contributed by atoms with Crippen LogP contribution < -0.4 is 0 Å². The Hall–Kier alpha value is -1.19. The van der Waals surface area contributed by atoms with Crippen LogP contribution in [0, 0.1) is 0 Å². The molecule has 0 saturated carbocycles. The molecule has 2 heterocycles. The highest BCUT2D eigenvalue weighted by atomic mass is 79.9. The van der Waals surface area contributed by atoms with Crippen molar-refractivity contribution in [3.05, 3.63) is 14.5 Å². The Kier molecular flexibility index (Phi) is 125. The van der Waals surface area contributed by atoms with E-state index in [1.165, 1.54) is 10.6 Å². The van der Waals surface area contributed by atoms with Crippen LogP contribution in [-0.4, -0.2) is 23.5 Å². The van der Waals surface area contributed by atoms with Gasteiger partial charge in [-0.2, -0.15) is 0 Å². The SMILES string of the molecule is CN1CCc2nc(Br)sc2C1.FF.FF.FF.FF.FF.FF.FF.FF.FF. The minimum absolute atomic E-state index is 1.03. The molecule has 22 heteroatoms. The third-order valence-corrected chi connectivity index (χ3v) is 3.43. The van der Waals surface area contributed by atoms with E-state index in [9.17, 15) is 0 Å². The number of likely N-dealkylation sites (N-methyl/N-ethyl adjacent to an activating group) is 1. The molecule has 0 radical (unpaired) electrons. The summed E-state index contributed by atoms with van der Waals surface area (Å²) in [6.07, 6.45) is 1.11. The van der Waals surface area contributed by atoms with E-state index in [1.807, 2.05) is 0 Å². The summed E-state index contributed by atoms with van der Waals surface area (Å²) in [6, 6.07) is 0. The van der Waals surface area contributed by atoms with E-state index < -0.39 is 0 Å². The number of nitrogens with zero attached hydrogens (tertiary/aromatic N) is 2. The Bertz CT molecular complexity index is 299. The molecule has 0 saturated heterocycles. The molecule has 1 aromatic heterocycles. The highest BCUT2D eigenvalue weighted by molar-refractivity contribution is 9.11. The normalized spacial score (nSPS) is 8.83. The molecule has 2 nitrogen and oxygen atoms in total. The largest absolute Gasteiger partial charge is 0.301 e. The Balaban J connectivity index is -0.0000000350. The molecule has 0 spiro atoms. The third-order valence-electron chi connectivity index (χ3n) is 1.90. The number of hydrogen-bond acceptors (Lipinski definition) is 3. The molecule has 1 aliphatic rings. The lowest BCUT2D eigenvalue weighted by Crippen LogP contribution is -2.25. The van der Waals surface area contributed by atoms with Crippen molar-refractivity contribution in [2.45, 2.75) is 13.0 Å². The first-order valence-electron chi connectivity index (χ1n) is 4.87. The molecular formula is C7H9BrF18N2S. The monoisotopic (exact) mass is 574 g/mol. The van der Waals surface area contributed by atoms with E-state index >= 15 is 0 Å². The van der Waals surface area contributed by atoms with Gasteiger partial charge in [-0.25, -0.2) is 4.98 Å². The van der Waals surface area contributed by atoms with Gasteiger partial charge < -0.3 is 4.90 Å². The zero-order valence-corrected chi connectivity index (χ0v) is 15.5. The fraction of sp³-hybridized carbons (Fsp3) is 0.571. The molecule has 0 amide bonds. The molecule has 0 bridgehead atoms. The van der Waals surface area contributed by atoms with Gasteiger partial charge >= 0.3 is 0 Å². The average molecular weight is 575 g/mol. The molecule has 0 fully saturated rings. The fourth-order valence-electron chi connectivity index (χ4n) is 1.29. The Labute approximate surface area is 161 Å². The van der Waals surface area contributed by atoms with Gasteiger partial charge in [0.15, 0.2) is 3.92 Å². The van der Waals surface area contributed by atoms with Crippen molar-refractivity contribution in [1.29, 1.82) is 0 Å². The molecule has 1 aromatic rings. The van der Waals surface area contributed by atoms with E-state index in [1.54, 1.807) is 11.3 Å². The molecule has 0 unspecified atom stereocenters. The summed E-state index contributed by atoms with van der Waals surface area (Å²) in [5.74, 6) is 0. The third kappa shape index (κ3) is 42.1. The summed E-state index contributed by atoms with van der Waals surface area (Å²) in [4.78, 5) is 8.14. The maximum absolute atomic E-state index is 8.00. The average Bonchev–Trinajstić information content (AvgIpc) is 3.24. The number of hydrogen-bond donors (Lipinski definition) is 0. The van der Waals surface area contributed by atoms with Gasteiger partial charge in [0.25, 0.3) is 0 Å². The van der Waals surface area contributed by atoms with Crippen LogP contribution >= 0.6 is 27.3 Å². The molecule has 0 aromatic carbocycles. The summed E-state index contributed by atoms with van der Waals surface area (Å²) in [7, 11) is 2.15. The van der Waals surface area contributed by atoms with Crippen LogP contribution in [0.15, 0.2) is 3.92 Å². The van der Waals surface area contributed by atoms with Gasteiger partial charge in [-0.15, -0.1) is 11.3 Å². The van der Waals surface area contributed by atoms with Crippen LogP contribution in [0.3, 0.4) is 0 Å². The van der Waals surface area contributed by atoms with Gasteiger partial charge in [0.05, 0.1) is 5.69 Å². The number of fused-ring (bicyclic) bond motifs is 1. The van der Waals surface area contributed by atoms with E-state index in [4.69, 9.17) is 82.3 Å². The van der Waals surface area contributed by atoms with Crippen molar-refractivity contribution in [2.75, 3.05) is 13.6 Å². The maximum atomic E-state index is 8.00.